The molecule has 1 aromatic heterocycles. The lowest BCUT2D eigenvalue weighted by molar-refractivity contribution is -0.143. The summed E-state index contributed by atoms with van der Waals surface area (Å²) < 4.78 is 30.5. The van der Waals surface area contributed by atoms with Crippen molar-refractivity contribution < 1.29 is 47.3 Å². The first kappa shape index (κ1) is 24.2. The van der Waals surface area contributed by atoms with E-state index in [0.717, 1.165) is 4.90 Å². The van der Waals surface area contributed by atoms with E-state index in [4.69, 9.17) is 18.6 Å². The molecule has 1 aliphatic rings. The summed E-state index contributed by atoms with van der Waals surface area (Å²) >= 11 is 0. The molecule has 1 aliphatic heterocycles. The van der Waals surface area contributed by atoms with Gasteiger partial charge in [-0.25, -0.2) is 14.4 Å². The summed E-state index contributed by atoms with van der Waals surface area (Å²) in [5, 5.41) is 2.49. The average molecular weight is 474 g/mol. The molecule has 0 saturated carbocycles. The van der Waals surface area contributed by atoms with Crippen LogP contribution in [0, 0.1) is 0 Å². The number of nitrogens with zero attached hydrogens (tertiary/aromatic N) is 1. The molecule has 2 heterocycles. The highest BCUT2D eigenvalue weighted by molar-refractivity contribution is 6.13. The number of nitrogens with one attached hydrogen (secondary N) is 1. The molecule has 180 valence electrons. The molecule has 1 aromatic carbocycles. The van der Waals surface area contributed by atoms with Crippen LogP contribution < -0.4 is 19.5 Å². The van der Waals surface area contributed by atoms with Crippen LogP contribution in [0.2, 0.25) is 0 Å². The summed E-state index contributed by atoms with van der Waals surface area (Å²) in [7, 11) is 5.23. The molecule has 3 amide bonds. The van der Waals surface area contributed by atoms with Crippen molar-refractivity contribution >= 4 is 30.0 Å². The summed E-state index contributed by atoms with van der Waals surface area (Å²) in [4.78, 5) is 49.0. The molecular formula is C22H22N2O10. The molecule has 1 saturated heterocycles. The van der Waals surface area contributed by atoms with Crippen LogP contribution in [-0.4, -0.2) is 63.8 Å². The smallest absolute Gasteiger partial charge is 0.373 e. The maximum absolute atomic E-state index is 12.8. The Hall–Kier alpha value is -4.48. The van der Waals surface area contributed by atoms with E-state index in [2.05, 4.69) is 14.8 Å². The number of methoxy groups -OCH3 is 4. The molecule has 3 rings (SSSR count). The van der Waals surface area contributed by atoms with Crippen LogP contribution in [0.3, 0.4) is 0 Å². The number of carbonyl (C=O) groups excluding carboxylic acids is 4. The van der Waals surface area contributed by atoms with Gasteiger partial charge in [0.25, 0.3) is 5.91 Å². The van der Waals surface area contributed by atoms with Gasteiger partial charge in [0.2, 0.25) is 11.5 Å². The zero-order chi connectivity index (χ0) is 24.8. The Bertz CT molecular complexity index is 1130. The van der Waals surface area contributed by atoms with Crippen molar-refractivity contribution in [2.45, 2.75) is 6.54 Å². The summed E-state index contributed by atoms with van der Waals surface area (Å²) in [6.07, 6.45) is 1.43. The lowest BCUT2D eigenvalue weighted by Gasteiger charge is -2.15. The van der Waals surface area contributed by atoms with Gasteiger partial charge >= 0.3 is 18.0 Å². The fraction of sp³-hybridized carbons (Fsp3) is 0.273. The van der Waals surface area contributed by atoms with Crippen molar-refractivity contribution in [2.75, 3.05) is 35.0 Å². The number of benzene rings is 1. The number of hydrogen-bond acceptors (Lipinski definition) is 10. The van der Waals surface area contributed by atoms with Crippen LogP contribution in [0.4, 0.5) is 4.79 Å². The standard InChI is InChI=1S/C22H22N2O10/c1-29-16-8-12(9-17(30-2)19(16)33-11-18(25)31-3)7-14-20(26)24(22(28)23-14)10-13-5-6-15(34-13)21(27)32-4/h5-9H,10-11H2,1-4H3,(H,23,28)/b14-7-. The number of urea groups is 1. The van der Waals surface area contributed by atoms with Crippen molar-refractivity contribution in [1.29, 1.82) is 0 Å². The van der Waals surface area contributed by atoms with E-state index in [1.165, 1.54) is 46.6 Å². The minimum Gasteiger partial charge on any atom is -0.493 e. The van der Waals surface area contributed by atoms with Crippen LogP contribution in [-0.2, 0) is 25.6 Å². The molecule has 0 unspecified atom stereocenters. The second kappa shape index (κ2) is 10.4. The van der Waals surface area contributed by atoms with Crippen LogP contribution in [0.15, 0.2) is 34.4 Å². The number of hydrogen-bond donors (Lipinski definition) is 1. The third-order valence-corrected chi connectivity index (χ3v) is 4.68. The molecule has 1 fully saturated rings. The topological polar surface area (TPSA) is 143 Å². The first-order valence-electron chi connectivity index (χ1n) is 9.78. The predicted octanol–water partition coefficient (Wildman–Crippen LogP) is 1.73. The lowest BCUT2D eigenvalue weighted by atomic mass is 10.1. The molecule has 12 nitrogen and oxygen atoms in total. The number of rotatable bonds is 9. The van der Waals surface area contributed by atoms with E-state index in [1.807, 2.05) is 0 Å². The Labute approximate surface area is 193 Å². The van der Waals surface area contributed by atoms with Gasteiger partial charge in [-0.2, -0.15) is 0 Å². The highest BCUT2D eigenvalue weighted by Crippen LogP contribution is 2.39. The van der Waals surface area contributed by atoms with E-state index >= 15 is 0 Å². The third-order valence-electron chi connectivity index (χ3n) is 4.68. The molecule has 12 heteroatoms. The summed E-state index contributed by atoms with van der Waals surface area (Å²) in [6, 6.07) is 5.28. The van der Waals surface area contributed by atoms with Crippen LogP contribution in [0.25, 0.3) is 6.08 Å². The minimum atomic E-state index is -0.675. The minimum absolute atomic E-state index is 0.00270. The molecule has 0 spiro atoms. The summed E-state index contributed by atoms with van der Waals surface area (Å²) in [5.74, 6) is -1.07. The van der Waals surface area contributed by atoms with Crippen LogP contribution in [0.1, 0.15) is 21.9 Å². The Kier molecular flexibility index (Phi) is 7.41. The van der Waals surface area contributed by atoms with Gasteiger partial charge in [0, 0.05) is 0 Å². The number of imide groups is 1. The molecule has 0 bridgehead atoms. The number of esters is 2. The fourth-order valence-corrected chi connectivity index (χ4v) is 3.03. The van der Waals surface area contributed by atoms with Crippen molar-refractivity contribution in [1.82, 2.24) is 10.2 Å². The van der Waals surface area contributed by atoms with Crippen molar-refractivity contribution in [2.24, 2.45) is 0 Å². The Morgan fingerprint density at radius 3 is 2.29 bits per heavy atom. The molecule has 1 N–H and O–H groups in total. The SMILES string of the molecule is COC(=O)COc1c(OC)cc(/C=C2\NC(=O)N(Cc3ccc(C(=O)OC)o3)C2=O)cc1OC. The van der Waals surface area contributed by atoms with E-state index in [-0.39, 0.29) is 47.6 Å². The number of furan rings is 1. The van der Waals surface area contributed by atoms with Crippen LogP contribution in [0.5, 0.6) is 17.2 Å². The van der Waals surface area contributed by atoms with Gasteiger partial charge in [0.15, 0.2) is 18.1 Å². The van der Waals surface area contributed by atoms with E-state index < -0.39 is 23.9 Å². The monoisotopic (exact) mass is 474 g/mol. The van der Waals surface area contributed by atoms with E-state index in [9.17, 15) is 19.2 Å². The highest BCUT2D eigenvalue weighted by atomic mass is 16.6. The molecular weight excluding hydrogens is 452 g/mol. The predicted molar refractivity (Wildman–Crippen MR) is 114 cm³/mol. The summed E-state index contributed by atoms with van der Waals surface area (Å²) in [6.45, 7) is -0.552. The molecule has 0 aliphatic carbocycles. The second-order valence-corrected chi connectivity index (χ2v) is 6.76. The van der Waals surface area contributed by atoms with E-state index in [0.29, 0.717) is 5.56 Å². The van der Waals surface area contributed by atoms with Crippen molar-refractivity contribution in [3.8, 4) is 17.2 Å². The van der Waals surface area contributed by atoms with E-state index in [1.54, 1.807) is 12.1 Å². The molecule has 0 atom stereocenters. The van der Waals surface area contributed by atoms with Crippen molar-refractivity contribution in [3.05, 3.63) is 47.0 Å². The summed E-state index contributed by atoms with van der Waals surface area (Å²) in [5.41, 5.74) is 0.452. The quantitative estimate of drug-likeness (QED) is 0.324. The Morgan fingerprint density at radius 1 is 1.03 bits per heavy atom. The van der Waals surface area contributed by atoms with Crippen LogP contribution >= 0.6 is 0 Å². The Morgan fingerprint density at radius 2 is 1.71 bits per heavy atom. The third kappa shape index (κ3) is 5.11. The maximum atomic E-state index is 12.8. The van der Waals surface area contributed by atoms with Gasteiger partial charge in [0.05, 0.1) is 35.0 Å². The van der Waals surface area contributed by atoms with Gasteiger partial charge < -0.3 is 33.4 Å². The lowest BCUT2D eigenvalue weighted by Crippen LogP contribution is -2.30. The van der Waals surface area contributed by atoms with Gasteiger partial charge in [-0.15, -0.1) is 0 Å². The maximum Gasteiger partial charge on any atom is 0.373 e. The molecule has 34 heavy (non-hydrogen) atoms. The van der Waals surface area contributed by atoms with Gasteiger partial charge in [0.1, 0.15) is 11.5 Å². The average Bonchev–Trinajstić information content (AvgIpc) is 3.42. The largest absolute Gasteiger partial charge is 0.493 e. The zero-order valence-corrected chi connectivity index (χ0v) is 18.8. The first-order chi connectivity index (χ1) is 16.3. The number of carbonyl (C=O) groups is 4. The molecule has 0 radical (unpaired) electrons. The fourth-order valence-electron chi connectivity index (χ4n) is 3.03. The number of amides is 3. The number of ether oxygens (including phenoxy) is 5. The highest BCUT2D eigenvalue weighted by Gasteiger charge is 2.34. The zero-order valence-electron chi connectivity index (χ0n) is 18.8. The second-order valence-electron chi connectivity index (χ2n) is 6.76. The first-order valence-corrected chi connectivity index (χ1v) is 9.78. The van der Waals surface area contributed by atoms with Gasteiger partial charge in [-0.05, 0) is 35.9 Å². The van der Waals surface area contributed by atoms with Crippen molar-refractivity contribution in [3.63, 3.8) is 0 Å². The normalized spacial score (nSPS) is 14.1. The van der Waals surface area contributed by atoms with Gasteiger partial charge in [-0.1, -0.05) is 0 Å². The molecule has 2 aromatic rings. The Balaban J connectivity index is 1.83. The van der Waals surface area contributed by atoms with Gasteiger partial charge in [-0.3, -0.25) is 9.69 Å².